The fourth-order valence-corrected chi connectivity index (χ4v) is 1.15. The van der Waals surface area contributed by atoms with E-state index < -0.39 is 0 Å². The molecule has 0 aromatic heterocycles. The summed E-state index contributed by atoms with van der Waals surface area (Å²) in [6.45, 7) is 10.4. The van der Waals surface area contributed by atoms with Crippen molar-refractivity contribution in [3.63, 3.8) is 0 Å². The van der Waals surface area contributed by atoms with E-state index in [-0.39, 0.29) is 0 Å². The van der Waals surface area contributed by atoms with E-state index in [0.717, 1.165) is 0 Å². The molecule has 13 heavy (non-hydrogen) atoms. The number of hydrogen-bond acceptors (Lipinski definition) is 0. The lowest BCUT2D eigenvalue weighted by Crippen LogP contribution is -1.75. The SMILES string of the molecule is CC=CC(C)=CC(C)=CC(C)=CC. The normalized spacial score (nSPS) is 15.6. The first kappa shape index (κ1) is 12.0. The molecule has 0 rings (SSSR count). The van der Waals surface area contributed by atoms with E-state index in [4.69, 9.17) is 0 Å². The molecule has 0 aromatic carbocycles. The second-order valence-electron chi connectivity index (χ2n) is 3.31. The largest absolute Gasteiger partial charge is 0.0874 e. The van der Waals surface area contributed by atoms with Crippen LogP contribution in [0.3, 0.4) is 0 Å². The Morgan fingerprint density at radius 1 is 0.769 bits per heavy atom. The molecule has 0 heteroatoms. The van der Waals surface area contributed by atoms with Gasteiger partial charge in [-0.3, -0.25) is 0 Å². The first-order valence-electron chi connectivity index (χ1n) is 4.72. The van der Waals surface area contributed by atoms with Crippen LogP contribution < -0.4 is 0 Å². The molecular weight excluding hydrogens is 156 g/mol. The van der Waals surface area contributed by atoms with Crippen LogP contribution in [-0.4, -0.2) is 0 Å². The smallest absolute Gasteiger partial charge is 0.0398 e. The Kier molecular flexibility index (Phi) is 5.96. The maximum atomic E-state index is 2.19. The van der Waals surface area contributed by atoms with Crippen LogP contribution in [0.25, 0.3) is 0 Å². The molecule has 0 bridgehead atoms. The molecule has 72 valence electrons. The molecule has 0 nitrogen and oxygen atoms in total. The molecule has 0 atom stereocenters. The van der Waals surface area contributed by atoms with Crippen molar-refractivity contribution in [1.82, 2.24) is 0 Å². The molecule has 0 N–H and O–H groups in total. The van der Waals surface area contributed by atoms with Gasteiger partial charge >= 0.3 is 0 Å². The third-order valence-corrected chi connectivity index (χ3v) is 1.80. The first-order chi connectivity index (χ1) is 6.10. The van der Waals surface area contributed by atoms with Gasteiger partial charge in [0, 0.05) is 0 Å². The maximum absolute atomic E-state index is 2.19. The summed E-state index contributed by atoms with van der Waals surface area (Å²) >= 11 is 0. The first-order valence-corrected chi connectivity index (χ1v) is 4.72. The third kappa shape index (κ3) is 6.15. The zero-order valence-corrected chi connectivity index (χ0v) is 9.39. The highest BCUT2D eigenvalue weighted by Gasteiger charge is 1.85. The lowest BCUT2D eigenvalue weighted by atomic mass is 10.1. The summed E-state index contributed by atoms with van der Waals surface area (Å²) in [7, 11) is 0. The Labute approximate surface area is 82.4 Å². The highest BCUT2D eigenvalue weighted by molar-refractivity contribution is 5.32. The van der Waals surface area contributed by atoms with Crippen LogP contribution in [0.15, 0.2) is 47.1 Å². The van der Waals surface area contributed by atoms with Crippen molar-refractivity contribution in [3.8, 4) is 0 Å². The summed E-state index contributed by atoms with van der Waals surface area (Å²) in [6, 6.07) is 0. The van der Waals surface area contributed by atoms with Gasteiger partial charge in [0.15, 0.2) is 0 Å². The summed E-state index contributed by atoms with van der Waals surface area (Å²) in [6.07, 6.45) is 10.7. The van der Waals surface area contributed by atoms with Gasteiger partial charge in [-0.15, -0.1) is 0 Å². The summed E-state index contributed by atoms with van der Waals surface area (Å²) in [4.78, 5) is 0. The number of hydrogen-bond donors (Lipinski definition) is 0. The summed E-state index contributed by atoms with van der Waals surface area (Å²) in [5.41, 5.74) is 3.90. The molecule has 0 unspecified atom stereocenters. The second kappa shape index (κ2) is 6.47. The van der Waals surface area contributed by atoms with Gasteiger partial charge in [0.05, 0.1) is 0 Å². The van der Waals surface area contributed by atoms with E-state index in [9.17, 15) is 0 Å². The van der Waals surface area contributed by atoms with Crippen molar-refractivity contribution < 1.29 is 0 Å². The van der Waals surface area contributed by atoms with Gasteiger partial charge in [-0.2, -0.15) is 0 Å². The van der Waals surface area contributed by atoms with Gasteiger partial charge in [-0.1, -0.05) is 47.1 Å². The Morgan fingerprint density at radius 3 is 1.77 bits per heavy atom. The van der Waals surface area contributed by atoms with Crippen molar-refractivity contribution in [3.05, 3.63) is 47.1 Å². The Hall–Kier alpha value is -1.04. The van der Waals surface area contributed by atoms with Crippen LogP contribution in [0.4, 0.5) is 0 Å². The average molecular weight is 176 g/mol. The van der Waals surface area contributed by atoms with Crippen molar-refractivity contribution in [2.24, 2.45) is 0 Å². The third-order valence-electron chi connectivity index (χ3n) is 1.80. The molecule has 0 amide bonds. The highest BCUT2D eigenvalue weighted by atomic mass is 13.9. The fraction of sp³-hybridized carbons (Fsp3) is 0.385. The van der Waals surface area contributed by atoms with E-state index in [2.05, 4.69) is 58.1 Å². The van der Waals surface area contributed by atoms with E-state index >= 15 is 0 Å². The molecule has 0 fully saturated rings. The Balaban J connectivity index is 4.53. The lowest BCUT2D eigenvalue weighted by Gasteiger charge is -1.95. The predicted octanol–water partition coefficient (Wildman–Crippen LogP) is 4.42. The van der Waals surface area contributed by atoms with Crippen LogP contribution in [0.1, 0.15) is 34.6 Å². The van der Waals surface area contributed by atoms with Gasteiger partial charge in [-0.25, -0.2) is 0 Å². The minimum atomic E-state index is 1.29. The van der Waals surface area contributed by atoms with E-state index in [1.54, 1.807) is 0 Å². The van der Waals surface area contributed by atoms with E-state index in [1.165, 1.54) is 16.7 Å². The lowest BCUT2D eigenvalue weighted by molar-refractivity contribution is 1.38. The monoisotopic (exact) mass is 176 g/mol. The van der Waals surface area contributed by atoms with Gasteiger partial charge in [0.1, 0.15) is 0 Å². The molecule has 0 aromatic rings. The van der Waals surface area contributed by atoms with E-state index in [0.29, 0.717) is 0 Å². The van der Waals surface area contributed by atoms with Crippen molar-refractivity contribution in [2.75, 3.05) is 0 Å². The molecule has 0 aliphatic heterocycles. The van der Waals surface area contributed by atoms with Crippen LogP contribution in [-0.2, 0) is 0 Å². The molecule has 0 radical (unpaired) electrons. The summed E-state index contributed by atoms with van der Waals surface area (Å²) in [5, 5.41) is 0. The van der Waals surface area contributed by atoms with Gasteiger partial charge in [0.2, 0.25) is 0 Å². The summed E-state index contributed by atoms with van der Waals surface area (Å²) < 4.78 is 0. The fourth-order valence-electron chi connectivity index (χ4n) is 1.15. The van der Waals surface area contributed by atoms with Crippen LogP contribution in [0.5, 0.6) is 0 Å². The topological polar surface area (TPSA) is 0 Å². The van der Waals surface area contributed by atoms with Crippen molar-refractivity contribution in [1.29, 1.82) is 0 Å². The van der Waals surface area contributed by atoms with E-state index in [1.807, 2.05) is 6.92 Å². The predicted molar refractivity (Wildman–Crippen MR) is 61.8 cm³/mol. The molecule has 0 aliphatic carbocycles. The zero-order valence-electron chi connectivity index (χ0n) is 9.39. The molecule has 0 heterocycles. The molecule has 0 aliphatic rings. The molecule has 0 saturated heterocycles. The number of allylic oxidation sites excluding steroid dienone is 8. The molecule has 0 spiro atoms. The minimum absolute atomic E-state index is 1.29. The second-order valence-corrected chi connectivity index (χ2v) is 3.31. The van der Waals surface area contributed by atoms with Crippen LogP contribution in [0, 0.1) is 0 Å². The van der Waals surface area contributed by atoms with Crippen LogP contribution in [0.2, 0.25) is 0 Å². The summed E-state index contributed by atoms with van der Waals surface area (Å²) in [5.74, 6) is 0. The molecular formula is C13H20. The quantitative estimate of drug-likeness (QED) is 0.558. The number of rotatable bonds is 3. The zero-order chi connectivity index (χ0) is 10.3. The maximum Gasteiger partial charge on any atom is -0.0398 e. The van der Waals surface area contributed by atoms with Gasteiger partial charge in [-0.05, 0) is 34.6 Å². The van der Waals surface area contributed by atoms with Crippen LogP contribution >= 0.6 is 0 Å². The standard InChI is InChI=1S/C13H20/c1-6-8-12(4)10-13(5)9-11(3)7-2/h6-10H,1-5H3. The highest BCUT2D eigenvalue weighted by Crippen LogP contribution is 2.06. The van der Waals surface area contributed by atoms with Gasteiger partial charge < -0.3 is 0 Å². The van der Waals surface area contributed by atoms with Crippen molar-refractivity contribution in [2.45, 2.75) is 34.6 Å². The van der Waals surface area contributed by atoms with Gasteiger partial charge in [0.25, 0.3) is 0 Å². The molecule has 0 saturated carbocycles. The Bertz CT molecular complexity index is 260. The average Bonchev–Trinajstić information content (AvgIpc) is 2.04. The minimum Gasteiger partial charge on any atom is -0.0874 e. The Morgan fingerprint density at radius 2 is 1.31 bits per heavy atom. The van der Waals surface area contributed by atoms with Crippen molar-refractivity contribution >= 4 is 0 Å².